The number of rotatable bonds is 9. The van der Waals surface area contributed by atoms with Crippen LogP contribution in [0.1, 0.15) is 61.1 Å². The molecule has 5 rings (SSSR count). The zero-order valence-electron chi connectivity index (χ0n) is 25.6. The van der Waals surface area contributed by atoms with Gasteiger partial charge in [-0.05, 0) is 59.2 Å². The van der Waals surface area contributed by atoms with Crippen molar-refractivity contribution in [1.82, 2.24) is 9.80 Å². The van der Waals surface area contributed by atoms with Crippen LogP contribution in [-0.2, 0) is 26.3 Å². The van der Waals surface area contributed by atoms with Crippen molar-refractivity contribution in [1.29, 1.82) is 0 Å². The minimum Gasteiger partial charge on any atom is -0.507 e. The molecule has 7 heteroatoms. The number of hydrogen-bond donors (Lipinski definition) is 1. The second kappa shape index (κ2) is 13.1. The summed E-state index contributed by atoms with van der Waals surface area (Å²) in [6.45, 7) is 13.1. The average Bonchev–Trinajstić information content (AvgIpc) is 3.25. The van der Waals surface area contributed by atoms with Gasteiger partial charge in [-0.1, -0.05) is 75.4 Å². The fourth-order valence-corrected chi connectivity index (χ4v) is 5.79. The maximum absolute atomic E-state index is 13.6. The molecule has 2 heterocycles. The van der Waals surface area contributed by atoms with Gasteiger partial charge >= 0.3 is 0 Å². The number of amides is 1. The molecule has 2 fully saturated rings. The summed E-state index contributed by atoms with van der Waals surface area (Å²) < 4.78 is 11.4. The summed E-state index contributed by atoms with van der Waals surface area (Å²) in [7, 11) is 0. The Hall–Kier alpha value is -3.94. The lowest BCUT2D eigenvalue weighted by Crippen LogP contribution is -2.39. The summed E-state index contributed by atoms with van der Waals surface area (Å²) in [6.07, 6.45) is 0.718. The van der Waals surface area contributed by atoms with Crippen molar-refractivity contribution in [3.05, 3.63) is 106 Å². The number of carbonyl (C=O) groups excluding carboxylic acids is 2. The molecule has 0 saturated carbocycles. The average molecular weight is 583 g/mol. The Kier molecular flexibility index (Phi) is 9.33. The van der Waals surface area contributed by atoms with Crippen molar-refractivity contribution in [3.63, 3.8) is 0 Å². The predicted octanol–water partition coefficient (Wildman–Crippen LogP) is 6.02. The molecule has 1 atom stereocenters. The second-order valence-electron chi connectivity index (χ2n) is 12.4. The highest BCUT2D eigenvalue weighted by molar-refractivity contribution is 6.46. The summed E-state index contributed by atoms with van der Waals surface area (Å²) in [4.78, 5) is 31.0. The first kappa shape index (κ1) is 30.5. The Morgan fingerprint density at radius 3 is 2.30 bits per heavy atom. The zero-order valence-corrected chi connectivity index (χ0v) is 25.6. The topological polar surface area (TPSA) is 79.3 Å². The molecular weight excluding hydrogens is 540 g/mol. The van der Waals surface area contributed by atoms with Crippen LogP contribution in [0.4, 0.5) is 0 Å². The van der Waals surface area contributed by atoms with E-state index < -0.39 is 17.7 Å². The Morgan fingerprint density at radius 2 is 1.65 bits per heavy atom. The quantitative estimate of drug-likeness (QED) is 0.189. The molecule has 1 N–H and O–H groups in total. The van der Waals surface area contributed by atoms with E-state index in [1.165, 1.54) is 0 Å². The van der Waals surface area contributed by atoms with Gasteiger partial charge in [0, 0.05) is 31.7 Å². The van der Waals surface area contributed by atoms with Gasteiger partial charge in [0.25, 0.3) is 11.7 Å². The molecule has 0 bridgehead atoms. The Labute approximate surface area is 254 Å². The van der Waals surface area contributed by atoms with Gasteiger partial charge in [0.05, 0.1) is 24.8 Å². The normalized spacial score (nSPS) is 19.2. The van der Waals surface area contributed by atoms with Crippen LogP contribution in [0.15, 0.2) is 78.4 Å². The third-order valence-electron chi connectivity index (χ3n) is 8.31. The number of hydrogen-bond acceptors (Lipinski definition) is 6. The van der Waals surface area contributed by atoms with E-state index in [4.69, 9.17) is 9.47 Å². The van der Waals surface area contributed by atoms with Gasteiger partial charge in [0.1, 0.15) is 18.1 Å². The molecule has 1 unspecified atom stereocenters. The van der Waals surface area contributed by atoms with E-state index in [1.54, 1.807) is 17.0 Å². The molecule has 2 saturated heterocycles. The van der Waals surface area contributed by atoms with Gasteiger partial charge in [-0.3, -0.25) is 14.5 Å². The van der Waals surface area contributed by atoms with E-state index in [9.17, 15) is 14.7 Å². The van der Waals surface area contributed by atoms with Crippen molar-refractivity contribution in [2.24, 2.45) is 0 Å². The molecule has 2 aliphatic rings. The zero-order chi connectivity index (χ0) is 30.6. The van der Waals surface area contributed by atoms with Crippen molar-refractivity contribution in [3.8, 4) is 5.75 Å². The van der Waals surface area contributed by atoms with Gasteiger partial charge in [0.2, 0.25) is 0 Å². The van der Waals surface area contributed by atoms with Gasteiger partial charge in [-0.25, -0.2) is 0 Å². The molecule has 2 aliphatic heterocycles. The van der Waals surface area contributed by atoms with Crippen LogP contribution in [0.5, 0.6) is 5.75 Å². The number of aliphatic hydroxyl groups is 1. The number of benzene rings is 3. The molecule has 43 heavy (non-hydrogen) atoms. The number of aryl methyl sites for hydroxylation is 1. The van der Waals surface area contributed by atoms with E-state index in [1.807, 2.05) is 67.6 Å². The molecule has 3 aromatic rings. The van der Waals surface area contributed by atoms with Crippen LogP contribution in [0.3, 0.4) is 0 Å². The van der Waals surface area contributed by atoms with Crippen molar-refractivity contribution in [2.45, 2.75) is 52.2 Å². The molecule has 3 aromatic carbocycles. The van der Waals surface area contributed by atoms with Crippen LogP contribution in [-0.4, -0.2) is 66.0 Å². The third kappa shape index (κ3) is 7.00. The number of likely N-dealkylation sites (tertiary alicyclic amines) is 1. The molecule has 226 valence electrons. The van der Waals surface area contributed by atoms with E-state index in [0.29, 0.717) is 37.7 Å². The van der Waals surface area contributed by atoms with Crippen LogP contribution in [0, 0.1) is 6.92 Å². The minimum atomic E-state index is -0.674. The van der Waals surface area contributed by atoms with Gasteiger partial charge in [-0.2, -0.15) is 0 Å². The Bertz CT molecular complexity index is 1470. The molecule has 1 amide bonds. The summed E-state index contributed by atoms with van der Waals surface area (Å²) in [5.74, 6) is -0.728. The number of aliphatic hydroxyl groups excluding tert-OH is 1. The van der Waals surface area contributed by atoms with Crippen molar-refractivity contribution >= 4 is 17.4 Å². The number of morpholine rings is 1. The number of ether oxygens (including phenoxy) is 2. The maximum atomic E-state index is 13.6. The predicted molar refractivity (Wildman–Crippen MR) is 168 cm³/mol. The maximum Gasteiger partial charge on any atom is 0.295 e. The third-order valence-corrected chi connectivity index (χ3v) is 8.31. The Morgan fingerprint density at radius 1 is 0.953 bits per heavy atom. The summed E-state index contributed by atoms with van der Waals surface area (Å²) in [5.41, 5.74) is 4.36. The first-order valence-electron chi connectivity index (χ1n) is 15.1. The van der Waals surface area contributed by atoms with E-state index in [-0.39, 0.29) is 16.7 Å². The molecular formula is C36H42N2O5. The fourth-order valence-electron chi connectivity index (χ4n) is 5.79. The first-order chi connectivity index (χ1) is 20.6. The largest absolute Gasteiger partial charge is 0.507 e. The minimum absolute atomic E-state index is 0.0417. The molecule has 7 nitrogen and oxygen atoms in total. The molecule has 0 spiro atoms. The van der Waals surface area contributed by atoms with Crippen LogP contribution in [0.25, 0.3) is 5.76 Å². The second-order valence-corrected chi connectivity index (χ2v) is 12.4. The van der Waals surface area contributed by atoms with Gasteiger partial charge < -0.3 is 19.5 Å². The highest BCUT2D eigenvalue weighted by Crippen LogP contribution is 2.41. The van der Waals surface area contributed by atoms with E-state index in [0.717, 1.165) is 48.3 Å². The van der Waals surface area contributed by atoms with Crippen molar-refractivity contribution in [2.75, 3.05) is 39.4 Å². The summed E-state index contributed by atoms with van der Waals surface area (Å²) >= 11 is 0. The van der Waals surface area contributed by atoms with Gasteiger partial charge in [-0.15, -0.1) is 0 Å². The standard InChI is InChI=1S/C36H42N2O5/c1-25-23-29(43-24-26-9-6-5-7-10-26)15-16-30(25)33(39)31-32(27-11-13-28(14-12-27)36(2,3)4)38(35(41)34(31)40)18-8-17-37-19-21-42-22-20-37/h5-7,9-16,23,32,39H,8,17-22,24H2,1-4H3/b33-31+. The number of Topliss-reactive ketones (excluding diaryl/α,β-unsaturated/α-hetero) is 1. The number of carbonyl (C=O) groups is 2. The first-order valence-corrected chi connectivity index (χ1v) is 15.1. The Balaban J connectivity index is 1.45. The van der Waals surface area contributed by atoms with Crippen LogP contribution >= 0.6 is 0 Å². The SMILES string of the molecule is Cc1cc(OCc2ccccc2)ccc1/C(O)=C1\C(=O)C(=O)N(CCCN2CCOCC2)C1c1ccc(C(C)(C)C)cc1. The smallest absolute Gasteiger partial charge is 0.295 e. The monoisotopic (exact) mass is 582 g/mol. The highest BCUT2D eigenvalue weighted by atomic mass is 16.5. The summed E-state index contributed by atoms with van der Waals surface area (Å²) in [5, 5.41) is 11.7. The number of ketones is 1. The highest BCUT2D eigenvalue weighted by Gasteiger charge is 2.46. The van der Waals surface area contributed by atoms with Gasteiger partial charge in [0.15, 0.2) is 0 Å². The lowest BCUT2D eigenvalue weighted by molar-refractivity contribution is -0.140. The molecule has 0 radical (unpaired) electrons. The fraction of sp³-hybridized carbons (Fsp3) is 0.389. The van der Waals surface area contributed by atoms with Crippen LogP contribution < -0.4 is 4.74 Å². The lowest BCUT2D eigenvalue weighted by atomic mass is 9.85. The molecule has 0 aromatic heterocycles. The summed E-state index contributed by atoms with van der Waals surface area (Å²) in [6, 6.07) is 22.7. The van der Waals surface area contributed by atoms with E-state index >= 15 is 0 Å². The van der Waals surface area contributed by atoms with Crippen LogP contribution in [0.2, 0.25) is 0 Å². The lowest BCUT2D eigenvalue weighted by Gasteiger charge is -2.29. The van der Waals surface area contributed by atoms with Crippen molar-refractivity contribution < 1.29 is 24.2 Å². The van der Waals surface area contributed by atoms with E-state index in [2.05, 4.69) is 25.7 Å². The molecule has 0 aliphatic carbocycles. The number of nitrogens with zero attached hydrogens (tertiary/aromatic N) is 2.